The molecule has 0 aromatic heterocycles. The minimum atomic E-state index is -3.96. The molecule has 0 aromatic carbocycles. The first kappa shape index (κ1) is 46.7. The second-order valence-corrected chi connectivity index (χ2v) is 44.1. The van der Waals surface area contributed by atoms with Crippen LogP contribution in [-0.4, -0.2) is 96.4 Å². The number of hydrogen-bond donors (Lipinski definition) is 0. The van der Waals surface area contributed by atoms with Crippen LogP contribution in [0.1, 0.15) is 103 Å². The maximum absolute atomic E-state index is 7.79. The highest BCUT2D eigenvalue weighted by atomic mass is 28.6. The zero-order chi connectivity index (χ0) is 41.0. The van der Waals surface area contributed by atoms with Gasteiger partial charge in [-0.05, 0) is 47.8 Å². The molecule has 7 aliphatic heterocycles. The van der Waals surface area contributed by atoms with E-state index < -0.39 is 70.4 Å². The monoisotopic (exact) mass is 930 g/mol. The van der Waals surface area contributed by atoms with E-state index in [1.165, 1.54) is 0 Å². The minimum absolute atomic E-state index is 0.119. The minimum Gasteiger partial charge on any atom is -0.379 e. The predicted molar refractivity (Wildman–Crippen MR) is 227 cm³/mol. The van der Waals surface area contributed by atoms with Crippen LogP contribution >= 0.6 is 0 Å². The first-order chi connectivity index (χ1) is 26.0. The van der Waals surface area contributed by atoms with Crippen molar-refractivity contribution in [2.75, 3.05) is 19.8 Å². The Labute approximate surface area is 346 Å². The Kier molecular flexibility index (Phi) is 14.5. The Hall–Kier alpha value is 1.18. The first-order valence-electron chi connectivity index (χ1n) is 21.6. The molecular formula is C34H74O14Si8. The number of hydrogen-bond acceptors (Lipinski definition) is 14. The molecule has 7 rings (SSSR count). The highest BCUT2D eigenvalue weighted by molar-refractivity contribution is 7.03. The molecule has 7 saturated heterocycles. The van der Waals surface area contributed by atoms with Crippen LogP contribution in [-0.2, 0) is 58.9 Å². The van der Waals surface area contributed by atoms with E-state index in [9.17, 15) is 0 Å². The zero-order valence-corrected chi connectivity index (χ0v) is 44.8. The largest absolute Gasteiger partial charge is 0.479 e. The highest BCUT2D eigenvalue weighted by Crippen LogP contribution is 2.55. The van der Waals surface area contributed by atoms with E-state index in [0.29, 0.717) is 68.0 Å². The van der Waals surface area contributed by atoms with Crippen LogP contribution < -0.4 is 0 Å². The van der Waals surface area contributed by atoms with Gasteiger partial charge in [0.15, 0.2) is 0 Å². The van der Waals surface area contributed by atoms with Crippen LogP contribution in [0.15, 0.2) is 0 Å². The van der Waals surface area contributed by atoms with Gasteiger partial charge < -0.3 is 58.9 Å². The third kappa shape index (κ3) is 11.2. The van der Waals surface area contributed by atoms with E-state index in [2.05, 4.69) is 96.9 Å². The van der Waals surface area contributed by atoms with Gasteiger partial charge in [0.2, 0.25) is 0 Å². The Morgan fingerprint density at radius 3 is 0.786 bits per heavy atom. The van der Waals surface area contributed by atoms with Gasteiger partial charge in [0.25, 0.3) is 0 Å². The maximum atomic E-state index is 7.79. The van der Waals surface area contributed by atoms with Gasteiger partial charge >= 0.3 is 70.4 Å². The molecule has 0 unspecified atom stereocenters. The van der Waals surface area contributed by atoms with E-state index in [1.54, 1.807) is 0 Å². The first-order valence-corrected chi connectivity index (χ1v) is 37.0. The summed E-state index contributed by atoms with van der Waals surface area (Å²) in [6.07, 6.45) is 0.769. The van der Waals surface area contributed by atoms with E-state index in [4.69, 9.17) is 58.9 Å². The van der Waals surface area contributed by atoms with Crippen molar-refractivity contribution in [2.24, 2.45) is 41.4 Å². The molecule has 0 saturated carbocycles. The van der Waals surface area contributed by atoms with Gasteiger partial charge in [-0.15, -0.1) is 0 Å². The summed E-state index contributed by atoms with van der Waals surface area (Å²) in [4.78, 5) is 0. The number of rotatable bonds is 20. The molecule has 7 fully saturated rings. The zero-order valence-electron chi connectivity index (χ0n) is 36.8. The highest BCUT2D eigenvalue weighted by Gasteiger charge is 2.83. The van der Waals surface area contributed by atoms with Crippen LogP contribution in [0.5, 0.6) is 0 Å². The molecule has 0 N–H and O–H groups in total. The molecule has 56 heavy (non-hydrogen) atoms. The van der Waals surface area contributed by atoms with Gasteiger partial charge in [0.05, 0.1) is 13.2 Å². The van der Waals surface area contributed by atoms with Crippen molar-refractivity contribution in [3.8, 4) is 0 Å². The van der Waals surface area contributed by atoms with Crippen molar-refractivity contribution in [3.63, 3.8) is 0 Å². The molecule has 0 spiro atoms. The fraction of sp³-hybridized carbons (Fsp3) is 1.00. The predicted octanol–water partition coefficient (Wildman–Crippen LogP) is 8.16. The van der Waals surface area contributed by atoms with Gasteiger partial charge in [-0.25, -0.2) is 0 Å². The second-order valence-electron chi connectivity index (χ2n) is 20.0. The standard InChI is InChI=1S/C34H74O14Si8/c1-27(2)20-50-37-49(17-15-16-35-18-34-19-36-34)38-51(21-28(3)4)42-53(40-50,23-30(7)8)46-56(26-33(13)14)47-54(41-50,24-31(9)10)43-52(39-49,22-29(5)6)45-55(44-51,48-56)25-32(11)12/h27-34H,15-26H2,1-14H3/t34-,49?,50?,51?,52?,53?,54?,55?,56?/m1/s1. The molecule has 1 atom stereocenters. The molecule has 7 aliphatic rings. The third-order valence-electron chi connectivity index (χ3n) is 9.82. The summed E-state index contributed by atoms with van der Waals surface area (Å²) in [7, 11) is -31.3. The quantitative estimate of drug-likeness (QED) is 0.0661. The lowest BCUT2D eigenvalue weighted by Crippen LogP contribution is -2.88. The third-order valence-corrected chi connectivity index (χ3v) is 49.9. The molecular weight excluding hydrogens is 857 g/mol. The molecule has 0 amide bonds. The Bertz CT molecular complexity index is 1190. The molecule has 0 aromatic rings. The van der Waals surface area contributed by atoms with Gasteiger partial charge in [-0.2, -0.15) is 0 Å². The van der Waals surface area contributed by atoms with Crippen LogP contribution in [0.3, 0.4) is 0 Å². The Morgan fingerprint density at radius 2 is 0.589 bits per heavy atom. The summed E-state index contributed by atoms with van der Waals surface area (Å²) < 4.78 is 105. The molecule has 14 nitrogen and oxygen atoms in total. The van der Waals surface area contributed by atoms with E-state index in [-0.39, 0.29) is 47.5 Å². The van der Waals surface area contributed by atoms with Gasteiger partial charge in [-0.3, -0.25) is 0 Å². The maximum Gasteiger partial charge on any atom is 0.479 e. The summed E-state index contributed by atoms with van der Waals surface area (Å²) in [5.74, 6) is 0.873. The van der Waals surface area contributed by atoms with Gasteiger partial charge in [0.1, 0.15) is 6.10 Å². The van der Waals surface area contributed by atoms with Crippen molar-refractivity contribution in [2.45, 2.75) is 158 Å². The van der Waals surface area contributed by atoms with Crippen molar-refractivity contribution >= 4 is 70.4 Å². The number of ether oxygens (including phenoxy) is 2. The SMILES string of the molecule is CC(C)C[Si]12O[Si]3(CCCOC[C@@H]4CO4)O[Si]4(CC(C)C)O[Si](CC(C)C)(O1)O[Si]1(CC(C)C)O[Si](CC(C)C)(O2)O[Si](CC(C)C)(O3)O[Si](CC(C)C)(O4)O1. The van der Waals surface area contributed by atoms with Crippen molar-refractivity contribution in [3.05, 3.63) is 0 Å². The van der Waals surface area contributed by atoms with Gasteiger partial charge in [-0.1, -0.05) is 96.9 Å². The van der Waals surface area contributed by atoms with Crippen LogP contribution in [0.2, 0.25) is 48.4 Å². The average Bonchev–Trinajstić information content (AvgIpc) is 3.74. The molecule has 8 bridgehead atoms. The lowest BCUT2D eigenvalue weighted by molar-refractivity contribution is -0.0345. The van der Waals surface area contributed by atoms with E-state index in [1.807, 2.05) is 0 Å². The van der Waals surface area contributed by atoms with Crippen LogP contribution in [0.4, 0.5) is 0 Å². The van der Waals surface area contributed by atoms with Crippen LogP contribution in [0.25, 0.3) is 0 Å². The Morgan fingerprint density at radius 1 is 0.375 bits per heavy atom. The summed E-state index contributed by atoms with van der Waals surface area (Å²) >= 11 is 0. The Balaban J connectivity index is 1.67. The van der Waals surface area contributed by atoms with E-state index in [0.717, 1.165) is 6.61 Å². The normalized spacial score (nSPS) is 42.1. The second kappa shape index (κ2) is 17.4. The summed E-state index contributed by atoms with van der Waals surface area (Å²) in [6.45, 7) is 32.1. The van der Waals surface area contributed by atoms with Crippen molar-refractivity contribution in [1.82, 2.24) is 0 Å². The summed E-state index contributed by atoms with van der Waals surface area (Å²) in [6, 6.07) is 3.82. The number of epoxide rings is 1. The average molecular weight is 932 g/mol. The smallest absolute Gasteiger partial charge is 0.379 e. The molecule has 0 aliphatic carbocycles. The lowest BCUT2D eigenvalue weighted by atomic mass is 10.3. The molecule has 7 heterocycles. The lowest BCUT2D eigenvalue weighted by Gasteiger charge is -2.64. The summed E-state index contributed by atoms with van der Waals surface area (Å²) in [5, 5.41) is 0. The fourth-order valence-electron chi connectivity index (χ4n) is 8.64. The molecule has 0 radical (unpaired) electrons. The molecule has 22 heteroatoms. The van der Waals surface area contributed by atoms with Crippen molar-refractivity contribution in [1.29, 1.82) is 0 Å². The molecule has 326 valence electrons. The topological polar surface area (TPSA) is 133 Å². The van der Waals surface area contributed by atoms with E-state index >= 15 is 0 Å². The van der Waals surface area contributed by atoms with Gasteiger partial charge in [0, 0.05) is 55.0 Å². The summed E-state index contributed by atoms with van der Waals surface area (Å²) in [5.41, 5.74) is 0. The van der Waals surface area contributed by atoms with Crippen LogP contribution in [0, 0.1) is 41.4 Å². The van der Waals surface area contributed by atoms with Crippen molar-refractivity contribution < 1.29 is 58.9 Å². The fourth-order valence-corrected chi connectivity index (χ4v) is 60.2.